The minimum Gasteiger partial charge on any atom is -0.237 e. The minimum atomic E-state index is 0.00789. The fourth-order valence-electron chi connectivity index (χ4n) is 7.91. The molecule has 1 aromatic heterocycles. The molecule has 0 aliphatic carbocycles. The lowest BCUT2D eigenvalue weighted by Gasteiger charge is -2.37. The molecule has 0 saturated carbocycles. The number of hydrogen-bond donors (Lipinski definition) is 0. The number of benzene rings is 2. The highest BCUT2D eigenvalue weighted by Crippen LogP contribution is 2.41. The van der Waals surface area contributed by atoms with E-state index in [1.807, 2.05) is 0 Å². The first-order valence-electron chi connectivity index (χ1n) is 20.8. The van der Waals surface area contributed by atoms with Crippen LogP contribution in [-0.2, 0) is 18.4 Å². The fraction of sp³-hybridized carbons (Fsp3) is 0.674. The van der Waals surface area contributed by atoms with E-state index in [4.69, 9.17) is 0 Å². The van der Waals surface area contributed by atoms with Crippen LogP contribution in [0.3, 0.4) is 0 Å². The molecular weight excluding hydrogens is 581 g/mol. The van der Waals surface area contributed by atoms with Crippen molar-refractivity contribution in [1.29, 1.82) is 0 Å². The monoisotopic (exact) mass is 656 g/mol. The summed E-state index contributed by atoms with van der Waals surface area (Å²) in [5.41, 5.74) is 2.90. The SMILES string of the molecule is CCCCCCCCCCCCCCCCCC(n1cc[n+](CCCCCCCCCC)c1)C(C)(Cc1ccccc1)c1ccccc1. The molecule has 0 radical (unpaired) electrons. The molecule has 2 heteroatoms. The molecule has 2 unspecified atom stereocenters. The van der Waals surface area contributed by atoms with Crippen molar-refractivity contribution in [2.24, 2.45) is 0 Å². The Balaban J connectivity index is 1.53. The summed E-state index contributed by atoms with van der Waals surface area (Å²) in [6, 6.07) is 23.0. The Bertz CT molecular complexity index is 1140. The van der Waals surface area contributed by atoms with Crippen LogP contribution in [0.5, 0.6) is 0 Å². The van der Waals surface area contributed by atoms with Crippen LogP contribution in [0.1, 0.15) is 192 Å². The number of nitrogens with zero attached hydrogens (tertiary/aromatic N) is 2. The van der Waals surface area contributed by atoms with Crippen LogP contribution in [-0.4, -0.2) is 4.57 Å². The quantitative estimate of drug-likeness (QED) is 0.0499. The molecule has 0 amide bonds. The standard InChI is InChI=1S/C46H75N2/c1-4-6-8-10-12-14-15-16-17-18-19-20-21-23-31-37-45(48-40-39-47(42-48)38-32-24-22-13-11-9-7-5-2)46(3,44-35-29-26-30-36-44)41-43-33-27-25-28-34-43/h25-30,33-36,39-40,42,45H,4-24,31-32,37-38,41H2,1-3H3/q+1. The Kier molecular flexibility index (Phi) is 21.4. The van der Waals surface area contributed by atoms with Crippen LogP contribution in [0, 0.1) is 0 Å². The second kappa shape index (κ2) is 25.6. The third kappa shape index (κ3) is 15.9. The third-order valence-corrected chi connectivity index (χ3v) is 11.0. The summed E-state index contributed by atoms with van der Waals surface area (Å²) in [6.45, 7) is 8.28. The lowest BCUT2D eigenvalue weighted by Crippen LogP contribution is -2.38. The van der Waals surface area contributed by atoms with E-state index in [0.29, 0.717) is 6.04 Å². The van der Waals surface area contributed by atoms with Gasteiger partial charge in [0.05, 0.1) is 6.54 Å². The maximum atomic E-state index is 2.59. The predicted molar refractivity (Wildman–Crippen MR) is 210 cm³/mol. The lowest BCUT2D eigenvalue weighted by molar-refractivity contribution is -0.697. The number of hydrogen-bond acceptors (Lipinski definition) is 0. The van der Waals surface area contributed by atoms with E-state index < -0.39 is 0 Å². The second-order valence-corrected chi connectivity index (χ2v) is 15.3. The molecule has 0 saturated heterocycles. The van der Waals surface area contributed by atoms with E-state index in [0.717, 1.165) is 13.0 Å². The van der Waals surface area contributed by atoms with E-state index in [1.54, 1.807) is 0 Å². The van der Waals surface area contributed by atoms with E-state index >= 15 is 0 Å². The van der Waals surface area contributed by atoms with Gasteiger partial charge in [-0.15, -0.1) is 0 Å². The Hall–Kier alpha value is -2.35. The van der Waals surface area contributed by atoms with Gasteiger partial charge in [-0.3, -0.25) is 0 Å². The first-order chi connectivity index (χ1) is 23.7. The zero-order chi connectivity index (χ0) is 34.0. The highest BCUT2D eigenvalue weighted by atomic mass is 15.1. The summed E-state index contributed by atoms with van der Waals surface area (Å²) < 4.78 is 5.05. The van der Waals surface area contributed by atoms with Crippen LogP contribution in [0.2, 0.25) is 0 Å². The van der Waals surface area contributed by atoms with E-state index in [1.165, 1.54) is 165 Å². The van der Waals surface area contributed by atoms with Gasteiger partial charge in [0, 0.05) is 5.41 Å². The van der Waals surface area contributed by atoms with Crippen molar-refractivity contribution in [3.05, 3.63) is 90.5 Å². The number of aryl methyl sites for hydroxylation is 1. The maximum absolute atomic E-state index is 2.59. The Labute approximate surface area is 298 Å². The smallest absolute Gasteiger partial charge is 0.237 e. The lowest BCUT2D eigenvalue weighted by atomic mass is 9.70. The van der Waals surface area contributed by atoms with Crippen molar-refractivity contribution in [2.75, 3.05) is 0 Å². The molecule has 0 bridgehead atoms. The molecule has 0 spiro atoms. The van der Waals surface area contributed by atoms with Gasteiger partial charge in [-0.05, 0) is 43.2 Å². The maximum Gasteiger partial charge on any atom is 0.244 e. The zero-order valence-corrected chi connectivity index (χ0v) is 31.9. The van der Waals surface area contributed by atoms with Crippen LogP contribution >= 0.6 is 0 Å². The minimum absolute atomic E-state index is 0.00789. The fourth-order valence-corrected chi connectivity index (χ4v) is 7.91. The van der Waals surface area contributed by atoms with E-state index in [2.05, 4.69) is 109 Å². The zero-order valence-electron chi connectivity index (χ0n) is 31.9. The average Bonchev–Trinajstić information content (AvgIpc) is 3.58. The predicted octanol–water partition coefficient (Wildman–Crippen LogP) is 13.9. The van der Waals surface area contributed by atoms with Gasteiger partial charge in [0.15, 0.2) is 0 Å². The van der Waals surface area contributed by atoms with Gasteiger partial charge in [0.25, 0.3) is 0 Å². The van der Waals surface area contributed by atoms with Crippen molar-refractivity contribution < 1.29 is 4.57 Å². The summed E-state index contributed by atoms with van der Waals surface area (Å²) in [6.07, 6.45) is 41.7. The molecule has 2 aromatic carbocycles. The van der Waals surface area contributed by atoms with Gasteiger partial charge in [0.1, 0.15) is 18.4 Å². The van der Waals surface area contributed by atoms with Crippen LogP contribution in [0.15, 0.2) is 79.4 Å². The van der Waals surface area contributed by atoms with Crippen molar-refractivity contribution in [3.8, 4) is 0 Å². The van der Waals surface area contributed by atoms with Crippen molar-refractivity contribution in [3.63, 3.8) is 0 Å². The Morgan fingerprint density at radius 1 is 0.542 bits per heavy atom. The molecule has 0 fully saturated rings. The number of rotatable bonds is 30. The van der Waals surface area contributed by atoms with Crippen LogP contribution < -0.4 is 4.57 Å². The molecule has 3 aromatic rings. The molecule has 2 nitrogen and oxygen atoms in total. The molecule has 0 aliphatic heterocycles. The highest BCUT2D eigenvalue weighted by molar-refractivity contribution is 5.30. The Morgan fingerprint density at radius 3 is 1.48 bits per heavy atom. The molecule has 2 atom stereocenters. The van der Waals surface area contributed by atoms with Crippen LogP contribution in [0.4, 0.5) is 0 Å². The normalized spacial score (nSPS) is 13.5. The second-order valence-electron chi connectivity index (χ2n) is 15.3. The molecule has 268 valence electrons. The number of imidazole rings is 1. The van der Waals surface area contributed by atoms with Crippen molar-refractivity contribution >= 4 is 0 Å². The first-order valence-corrected chi connectivity index (χ1v) is 20.8. The van der Waals surface area contributed by atoms with E-state index in [9.17, 15) is 0 Å². The van der Waals surface area contributed by atoms with Gasteiger partial charge in [0.2, 0.25) is 6.33 Å². The van der Waals surface area contributed by atoms with Crippen LogP contribution in [0.25, 0.3) is 0 Å². The number of unbranched alkanes of at least 4 members (excludes halogenated alkanes) is 21. The molecule has 0 aliphatic rings. The summed E-state index contributed by atoms with van der Waals surface area (Å²) >= 11 is 0. The van der Waals surface area contributed by atoms with Crippen molar-refractivity contribution in [2.45, 2.75) is 199 Å². The summed E-state index contributed by atoms with van der Waals surface area (Å²) in [5.74, 6) is 0. The van der Waals surface area contributed by atoms with Gasteiger partial charge < -0.3 is 0 Å². The summed E-state index contributed by atoms with van der Waals surface area (Å²) in [7, 11) is 0. The molecule has 3 rings (SSSR count). The van der Waals surface area contributed by atoms with Gasteiger partial charge in [-0.25, -0.2) is 9.13 Å². The highest BCUT2D eigenvalue weighted by Gasteiger charge is 2.40. The van der Waals surface area contributed by atoms with Gasteiger partial charge in [-0.2, -0.15) is 0 Å². The summed E-state index contributed by atoms with van der Waals surface area (Å²) in [4.78, 5) is 0. The molecule has 48 heavy (non-hydrogen) atoms. The third-order valence-electron chi connectivity index (χ3n) is 11.0. The Morgan fingerprint density at radius 2 is 0.979 bits per heavy atom. The van der Waals surface area contributed by atoms with E-state index in [-0.39, 0.29) is 5.41 Å². The topological polar surface area (TPSA) is 8.81 Å². The number of aromatic nitrogens is 2. The van der Waals surface area contributed by atoms with Gasteiger partial charge in [-0.1, -0.05) is 210 Å². The largest absolute Gasteiger partial charge is 0.244 e. The molecular formula is C46H75N2+. The van der Waals surface area contributed by atoms with Crippen molar-refractivity contribution in [1.82, 2.24) is 4.57 Å². The summed E-state index contributed by atoms with van der Waals surface area (Å²) in [5, 5.41) is 0. The molecule has 0 N–H and O–H groups in total. The average molecular weight is 656 g/mol. The molecule has 1 heterocycles. The van der Waals surface area contributed by atoms with Gasteiger partial charge >= 0.3 is 0 Å². The first kappa shape index (κ1) is 40.1.